The topological polar surface area (TPSA) is 75.6 Å². The van der Waals surface area contributed by atoms with Gasteiger partial charge in [-0.2, -0.15) is 13.2 Å². The Bertz CT molecular complexity index is 1080. The van der Waals surface area contributed by atoms with Crippen LogP contribution in [0.1, 0.15) is 39.6 Å². The number of carboxylic acid groups (broad SMARTS) is 1. The molecule has 168 valence electrons. The number of hydrogen-bond donors (Lipinski definition) is 2. The van der Waals surface area contributed by atoms with Crippen molar-refractivity contribution in [2.45, 2.75) is 25.6 Å². The van der Waals surface area contributed by atoms with Crippen molar-refractivity contribution in [3.8, 4) is 16.9 Å². The van der Waals surface area contributed by atoms with Crippen LogP contribution in [-0.4, -0.2) is 23.5 Å². The lowest BCUT2D eigenvalue weighted by Crippen LogP contribution is -2.25. The zero-order valence-electron chi connectivity index (χ0n) is 17.0. The maximum absolute atomic E-state index is 12.7. The summed E-state index contributed by atoms with van der Waals surface area (Å²) in [7, 11) is 0. The van der Waals surface area contributed by atoms with Gasteiger partial charge in [-0.1, -0.05) is 24.3 Å². The smallest absolute Gasteiger partial charge is 0.416 e. The van der Waals surface area contributed by atoms with Crippen LogP contribution in [-0.2, 0) is 11.0 Å². The van der Waals surface area contributed by atoms with Crippen molar-refractivity contribution in [1.29, 1.82) is 0 Å². The number of halogens is 3. The Morgan fingerprint density at radius 1 is 1.00 bits per heavy atom. The van der Waals surface area contributed by atoms with Gasteiger partial charge in [-0.05, 0) is 54.4 Å². The number of aliphatic carboxylic acids is 1. The number of hydrogen-bond acceptors (Lipinski definition) is 4. The number of ether oxygens (including phenoxy) is 1. The summed E-state index contributed by atoms with van der Waals surface area (Å²) < 4.78 is 44.0. The van der Waals surface area contributed by atoms with E-state index in [1.54, 1.807) is 36.4 Å². The van der Waals surface area contributed by atoms with E-state index in [0.717, 1.165) is 22.6 Å². The molecule has 32 heavy (non-hydrogen) atoms. The molecule has 0 radical (unpaired) electrons. The van der Waals surface area contributed by atoms with Crippen LogP contribution < -0.4 is 10.1 Å². The molecule has 0 saturated carbocycles. The first kappa shape index (κ1) is 23.3. The average Bonchev–Trinajstić information content (AvgIpc) is 3.24. The minimum Gasteiger partial charge on any atom is -0.485 e. The van der Waals surface area contributed by atoms with E-state index in [1.165, 1.54) is 23.5 Å². The molecule has 0 fully saturated rings. The predicted molar refractivity (Wildman–Crippen MR) is 115 cm³/mol. The normalized spacial score (nSPS) is 12.2. The van der Waals surface area contributed by atoms with Crippen LogP contribution in [0.2, 0.25) is 0 Å². The Labute approximate surface area is 186 Å². The summed E-state index contributed by atoms with van der Waals surface area (Å²) in [6.07, 6.45) is -4.85. The Morgan fingerprint density at radius 3 is 2.16 bits per heavy atom. The van der Waals surface area contributed by atoms with E-state index in [4.69, 9.17) is 9.84 Å². The van der Waals surface area contributed by atoms with E-state index in [1.807, 2.05) is 6.92 Å². The largest absolute Gasteiger partial charge is 0.485 e. The van der Waals surface area contributed by atoms with Crippen LogP contribution in [0.25, 0.3) is 11.1 Å². The molecule has 0 spiro atoms. The number of nitrogens with one attached hydrogen (secondary N) is 1. The zero-order valence-corrected chi connectivity index (χ0v) is 17.8. The molecular formula is C23H20F3NO4S. The number of rotatable bonds is 8. The number of benzene rings is 2. The number of carbonyl (C=O) groups excluding carboxylic acids is 1. The van der Waals surface area contributed by atoms with Crippen molar-refractivity contribution >= 4 is 23.2 Å². The summed E-state index contributed by atoms with van der Waals surface area (Å²) in [4.78, 5) is 23.9. The highest BCUT2D eigenvalue weighted by atomic mass is 32.1. The van der Waals surface area contributed by atoms with Crippen molar-refractivity contribution in [3.05, 3.63) is 76.0 Å². The van der Waals surface area contributed by atoms with Crippen molar-refractivity contribution in [2.24, 2.45) is 0 Å². The van der Waals surface area contributed by atoms with Crippen LogP contribution in [0.5, 0.6) is 5.75 Å². The third-order valence-electron chi connectivity index (χ3n) is 4.59. The van der Waals surface area contributed by atoms with Gasteiger partial charge in [0.15, 0.2) is 0 Å². The highest BCUT2D eigenvalue weighted by molar-refractivity contribution is 7.14. The maximum atomic E-state index is 12.7. The van der Waals surface area contributed by atoms with Crippen LogP contribution in [0, 0.1) is 0 Å². The Morgan fingerprint density at radius 2 is 1.59 bits per heavy atom. The second-order valence-corrected chi connectivity index (χ2v) is 8.08. The number of amides is 1. The second kappa shape index (κ2) is 9.86. The Hall–Kier alpha value is -3.33. The molecule has 0 saturated heterocycles. The molecule has 3 aromatic rings. The van der Waals surface area contributed by atoms with E-state index in [0.29, 0.717) is 16.2 Å². The second-order valence-electron chi connectivity index (χ2n) is 6.96. The summed E-state index contributed by atoms with van der Waals surface area (Å²) in [5.74, 6) is -0.742. The van der Waals surface area contributed by atoms with Gasteiger partial charge in [0.05, 0.1) is 16.9 Å². The van der Waals surface area contributed by atoms with E-state index in [2.05, 4.69) is 5.32 Å². The molecule has 1 heterocycles. The van der Waals surface area contributed by atoms with Gasteiger partial charge in [0.1, 0.15) is 11.9 Å². The van der Waals surface area contributed by atoms with Crippen LogP contribution in [0.4, 0.5) is 13.2 Å². The van der Waals surface area contributed by atoms with Crippen molar-refractivity contribution in [2.75, 3.05) is 6.54 Å². The number of carbonyl (C=O) groups is 2. The third kappa shape index (κ3) is 6.10. The van der Waals surface area contributed by atoms with Gasteiger partial charge in [-0.15, -0.1) is 11.3 Å². The first-order valence-corrected chi connectivity index (χ1v) is 10.5. The fourth-order valence-corrected chi connectivity index (χ4v) is 3.81. The van der Waals surface area contributed by atoms with Gasteiger partial charge in [-0.3, -0.25) is 9.59 Å². The molecule has 0 aliphatic carbocycles. The molecule has 1 amide bonds. The van der Waals surface area contributed by atoms with Gasteiger partial charge in [0.2, 0.25) is 0 Å². The molecule has 2 N–H and O–H groups in total. The van der Waals surface area contributed by atoms with Gasteiger partial charge in [0.25, 0.3) is 5.91 Å². The van der Waals surface area contributed by atoms with Gasteiger partial charge >= 0.3 is 12.1 Å². The molecule has 9 heteroatoms. The first-order valence-electron chi connectivity index (χ1n) is 9.67. The van der Waals surface area contributed by atoms with E-state index in [9.17, 15) is 22.8 Å². The molecule has 1 atom stereocenters. The number of thiophene rings is 1. The van der Waals surface area contributed by atoms with E-state index < -0.39 is 17.7 Å². The molecule has 0 unspecified atom stereocenters. The lowest BCUT2D eigenvalue weighted by Gasteiger charge is -2.14. The molecule has 3 rings (SSSR count). The average molecular weight is 463 g/mol. The molecule has 1 aromatic heterocycles. The molecular weight excluding hydrogens is 443 g/mol. The highest BCUT2D eigenvalue weighted by Crippen LogP contribution is 2.32. The summed E-state index contributed by atoms with van der Waals surface area (Å²) in [6, 6.07) is 15.4. The van der Waals surface area contributed by atoms with Crippen LogP contribution in [0.3, 0.4) is 0 Å². The zero-order chi connectivity index (χ0) is 23.3. The lowest BCUT2D eigenvalue weighted by molar-refractivity contribution is -0.138. The summed E-state index contributed by atoms with van der Waals surface area (Å²) in [5.41, 5.74) is 0.727. The fourth-order valence-electron chi connectivity index (χ4n) is 2.90. The Kier molecular flexibility index (Phi) is 7.19. The van der Waals surface area contributed by atoms with Gasteiger partial charge < -0.3 is 15.2 Å². The molecule has 2 aromatic carbocycles. The van der Waals surface area contributed by atoms with E-state index >= 15 is 0 Å². The van der Waals surface area contributed by atoms with Crippen molar-refractivity contribution in [3.63, 3.8) is 0 Å². The van der Waals surface area contributed by atoms with Crippen molar-refractivity contribution < 1.29 is 32.6 Å². The predicted octanol–water partition coefficient (Wildman–Crippen LogP) is 5.78. The fraction of sp³-hybridized carbons (Fsp3) is 0.217. The lowest BCUT2D eigenvalue weighted by atomic mass is 10.0. The Balaban J connectivity index is 1.60. The SMILES string of the molecule is C[C@H](Oc1ccc(-c2ccc(C(F)(F)F)cc2)cc1)c1ccc(C(=O)NCCC(=O)O)s1. The number of alkyl halides is 3. The van der Waals surface area contributed by atoms with E-state index in [-0.39, 0.29) is 25.0 Å². The minimum absolute atomic E-state index is 0.0543. The standard InChI is InChI=1S/C23H20F3NO4S/c1-14(19-10-11-20(32-19)22(30)27-13-12-21(28)29)31-18-8-4-16(5-9-18)15-2-6-17(7-3-15)23(24,25)26/h2-11,14H,12-13H2,1H3,(H,27,30)(H,28,29)/t14-/m0/s1. The van der Waals surface area contributed by atoms with Gasteiger partial charge in [0, 0.05) is 11.4 Å². The van der Waals surface area contributed by atoms with Crippen molar-refractivity contribution in [1.82, 2.24) is 5.32 Å². The summed E-state index contributed by atoms with van der Waals surface area (Å²) in [6.45, 7) is 1.89. The first-order chi connectivity index (χ1) is 15.1. The van der Waals surface area contributed by atoms with Crippen LogP contribution in [0.15, 0.2) is 60.7 Å². The monoisotopic (exact) mass is 463 g/mol. The highest BCUT2D eigenvalue weighted by Gasteiger charge is 2.29. The minimum atomic E-state index is -4.37. The van der Waals surface area contributed by atoms with Crippen LogP contribution >= 0.6 is 11.3 Å². The summed E-state index contributed by atoms with van der Waals surface area (Å²) in [5, 5.41) is 11.2. The van der Waals surface area contributed by atoms with Gasteiger partial charge in [-0.25, -0.2) is 0 Å². The third-order valence-corrected chi connectivity index (χ3v) is 5.83. The molecule has 0 aliphatic heterocycles. The maximum Gasteiger partial charge on any atom is 0.416 e. The molecule has 0 bridgehead atoms. The quantitative estimate of drug-likeness (QED) is 0.444. The molecule has 5 nitrogen and oxygen atoms in total. The summed E-state index contributed by atoms with van der Waals surface area (Å²) >= 11 is 1.25. The molecule has 0 aliphatic rings. The number of carboxylic acids is 1.